The molecule has 2 heterocycles. The lowest BCUT2D eigenvalue weighted by Crippen LogP contribution is -2.25. The van der Waals surface area contributed by atoms with Crippen LogP contribution in [0.2, 0.25) is 0 Å². The second kappa shape index (κ2) is 10.8. The van der Waals surface area contributed by atoms with Crippen molar-refractivity contribution in [2.24, 2.45) is 0 Å². The first kappa shape index (κ1) is 23.2. The fraction of sp³-hybridized carbons (Fsp3) is 0.435. The van der Waals surface area contributed by atoms with E-state index in [0.717, 1.165) is 17.7 Å². The second-order valence-corrected chi connectivity index (χ2v) is 9.54. The minimum Gasteiger partial charge on any atom is -0.486 e. The molecular formula is C23H28N2O7S. The Morgan fingerprint density at radius 2 is 1.42 bits per heavy atom. The predicted molar refractivity (Wildman–Crippen MR) is 120 cm³/mol. The summed E-state index contributed by atoms with van der Waals surface area (Å²) in [6, 6.07) is 10.2. The van der Waals surface area contributed by atoms with Crippen LogP contribution < -0.4 is 29.0 Å². The van der Waals surface area contributed by atoms with Gasteiger partial charge in [0, 0.05) is 25.6 Å². The van der Waals surface area contributed by atoms with Crippen LogP contribution in [0, 0.1) is 0 Å². The number of unbranched alkanes of at least 4 members (excludes halogenated alkanes) is 2. The smallest absolute Gasteiger partial charge is 0.240 e. The average Bonchev–Trinajstić information content (AvgIpc) is 2.84. The van der Waals surface area contributed by atoms with Crippen LogP contribution in [0.15, 0.2) is 41.3 Å². The summed E-state index contributed by atoms with van der Waals surface area (Å²) in [6.45, 7) is 2.64. The maximum Gasteiger partial charge on any atom is 0.240 e. The Kier molecular flexibility index (Phi) is 7.56. The van der Waals surface area contributed by atoms with Crippen molar-refractivity contribution in [2.75, 3.05) is 33.0 Å². The molecule has 1 amide bonds. The third kappa shape index (κ3) is 6.29. The summed E-state index contributed by atoms with van der Waals surface area (Å²) in [5.41, 5.74) is 0.946. The molecular weight excluding hydrogens is 448 g/mol. The first-order valence-corrected chi connectivity index (χ1v) is 12.5. The Morgan fingerprint density at radius 1 is 0.788 bits per heavy atom. The molecule has 0 aliphatic carbocycles. The van der Waals surface area contributed by atoms with Crippen LogP contribution in [-0.2, 0) is 21.4 Å². The Hall–Kier alpha value is -2.98. The van der Waals surface area contributed by atoms with Crippen molar-refractivity contribution >= 4 is 15.9 Å². The van der Waals surface area contributed by atoms with E-state index in [1.54, 1.807) is 6.07 Å². The Balaban J connectivity index is 1.12. The van der Waals surface area contributed by atoms with Crippen molar-refractivity contribution in [3.63, 3.8) is 0 Å². The van der Waals surface area contributed by atoms with Gasteiger partial charge in [-0.25, -0.2) is 13.1 Å². The van der Waals surface area contributed by atoms with E-state index in [1.807, 2.05) is 18.2 Å². The number of hydrogen-bond acceptors (Lipinski definition) is 7. The number of carbonyl (C=O) groups is 1. The van der Waals surface area contributed by atoms with E-state index in [2.05, 4.69) is 10.0 Å². The first-order valence-electron chi connectivity index (χ1n) is 11.1. The van der Waals surface area contributed by atoms with E-state index in [9.17, 15) is 13.2 Å². The second-order valence-electron chi connectivity index (χ2n) is 7.77. The van der Waals surface area contributed by atoms with E-state index < -0.39 is 10.0 Å². The lowest BCUT2D eigenvalue weighted by atomic mass is 10.1. The van der Waals surface area contributed by atoms with Gasteiger partial charge in [0.05, 0.1) is 4.90 Å². The normalized spacial score (nSPS) is 14.5. The number of ether oxygens (including phenoxy) is 4. The average molecular weight is 477 g/mol. The van der Waals surface area contributed by atoms with Crippen molar-refractivity contribution in [3.05, 3.63) is 42.0 Å². The molecule has 0 fully saturated rings. The number of rotatable bonds is 10. The molecule has 0 saturated carbocycles. The van der Waals surface area contributed by atoms with E-state index in [1.165, 1.54) is 12.1 Å². The van der Waals surface area contributed by atoms with Gasteiger partial charge in [-0.1, -0.05) is 12.5 Å². The summed E-state index contributed by atoms with van der Waals surface area (Å²) >= 11 is 0. The number of fused-ring (bicyclic) bond motifs is 2. The van der Waals surface area contributed by atoms with E-state index in [0.29, 0.717) is 76.0 Å². The largest absolute Gasteiger partial charge is 0.486 e. The third-order valence-electron chi connectivity index (χ3n) is 5.29. The SMILES string of the molecule is O=C(CCCCCNS(=O)(=O)c1ccc2c(c1)OCCO2)NCc1ccc2c(c1)OCCO2. The fourth-order valence-electron chi connectivity index (χ4n) is 3.55. The molecule has 2 aromatic carbocycles. The number of benzene rings is 2. The molecule has 0 atom stereocenters. The molecule has 9 nitrogen and oxygen atoms in total. The van der Waals surface area contributed by atoms with Crippen molar-refractivity contribution in [1.82, 2.24) is 10.0 Å². The van der Waals surface area contributed by atoms with Crippen LogP contribution >= 0.6 is 0 Å². The molecule has 2 aliphatic heterocycles. The fourth-order valence-corrected chi connectivity index (χ4v) is 4.64. The maximum absolute atomic E-state index is 12.5. The standard InChI is InChI=1S/C23H28N2O7S/c26-23(24-16-17-5-7-19-21(14-17)31-12-10-29-19)4-2-1-3-9-25-33(27,28)18-6-8-20-22(15-18)32-13-11-30-20/h5-8,14-15,25H,1-4,9-13,16H2,(H,24,26). The van der Waals surface area contributed by atoms with Crippen molar-refractivity contribution in [2.45, 2.75) is 37.1 Å². The highest BCUT2D eigenvalue weighted by Crippen LogP contribution is 2.32. The minimum absolute atomic E-state index is 0.0400. The number of nitrogens with one attached hydrogen (secondary N) is 2. The number of amides is 1. The van der Waals surface area contributed by atoms with Crippen LogP contribution in [-0.4, -0.2) is 47.3 Å². The minimum atomic E-state index is -3.63. The molecule has 33 heavy (non-hydrogen) atoms. The molecule has 10 heteroatoms. The van der Waals surface area contributed by atoms with Gasteiger partial charge >= 0.3 is 0 Å². The maximum atomic E-state index is 12.5. The molecule has 0 saturated heterocycles. The Labute approximate surface area is 193 Å². The van der Waals surface area contributed by atoms with Gasteiger partial charge in [0.2, 0.25) is 15.9 Å². The zero-order valence-electron chi connectivity index (χ0n) is 18.3. The highest BCUT2D eigenvalue weighted by Gasteiger charge is 2.19. The highest BCUT2D eigenvalue weighted by molar-refractivity contribution is 7.89. The van der Waals surface area contributed by atoms with Gasteiger partial charge < -0.3 is 24.3 Å². The van der Waals surface area contributed by atoms with Gasteiger partial charge in [0.1, 0.15) is 26.4 Å². The summed E-state index contributed by atoms with van der Waals surface area (Å²) in [7, 11) is -3.63. The molecule has 0 bridgehead atoms. The van der Waals surface area contributed by atoms with E-state index in [4.69, 9.17) is 18.9 Å². The van der Waals surface area contributed by atoms with Crippen LogP contribution in [0.25, 0.3) is 0 Å². The van der Waals surface area contributed by atoms with Crippen LogP contribution in [0.3, 0.4) is 0 Å². The molecule has 0 spiro atoms. The molecule has 0 aromatic heterocycles. The molecule has 2 aromatic rings. The summed E-state index contributed by atoms with van der Waals surface area (Å²) < 4.78 is 49.5. The molecule has 178 valence electrons. The molecule has 0 radical (unpaired) electrons. The van der Waals surface area contributed by atoms with Gasteiger partial charge in [-0.05, 0) is 42.7 Å². The predicted octanol–water partition coefficient (Wildman–Crippen LogP) is 2.38. The summed E-state index contributed by atoms with van der Waals surface area (Å²) in [5.74, 6) is 2.37. The zero-order valence-corrected chi connectivity index (χ0v) is 19.1. The Morgan fingerprint density at radius 3 is 2.15 bits per heavy atom. The third-order valence-corrected chi connectivity index (χ3v) is 6.75. The van der Waals surface area contributed by atoms with Crippen LogP contribution in [0.5, 0.6) is 23.0 Å². The van der Waals surface area contributed by atoms with Crippen molar-refractivity contribution in [3.8, 4) is 23.0 Å². The van der Waals surface area contributed by atoms with Crippen LogP contribution in [0.1, 0.15) is 31.2 Å². The quantitative estimate of drug-likeness (QED) is 0.507. The molecule has 2 N–H and O–H groups in total. The highest BCUT2D eigenvalue weighted by atomic mass is 32.2. The van der Waals surface area contributed by atoms with Gasteiger partial charge in [0.25, 0.3) is 0 Å². The van der Waals surface area contributed by atoms with E-state index >= 15 is 0 Å². The summed E-state index contributed by atoms with van der Waals surface area (Å²) in [5, 5.41) is 2.90. The van der Waals surface area contributed by atoms with Crippen LogP contribution in [0.4, 0.5) is 0 Å². The van der Waals surface area contributed by atoms with Crippen molar-refractivity contribution < 1.29 is 32.2 Å². The van der Waals surface area contributed by atoms with Gasteiger partial charge in [-0.2, -0.15) is 0 Å². The summed E-state index contributed by atoms with van der Waals surface area (Å²) in [6.07, 6.45) is 2.44. The first-order chi connectivity index (χ1) is 16.0. The number of hydrogen-bond donors (Lipinski definition) is 2. The Bertz CT molecular complexity index is 1090. The molecule has 0 unspecified atom stereocenters. The van der Waals surface area contributed by atoms with Crippen molar-refractivity contribution in [1.29, 1.82) is 0 Å². The van der Waals surface area contributed by atoms with Gasteiger partial charge in [-0.3, -0.25) is 4.79 Å². The molecule has 4 rings (SSSR count). The monoisotopic (exact) mass is 476 g/mol. The lowest BCUT2D eigenvalue weighted by molar-refractivity contribution is -0.121. The van der Waals surface area contributed by atoms with E-state index in [-0.39, 0.29) is 10.8 Å². The topological polar surface area (TPSA) is 112 Å². The number of sulfonamides is 1. The van der Waals surface area contributed by atoms with Gasteiger partial charge in [0.15, 0.2) is 23.0 Å². The summed E-state index contributed by atoms with van der Waals surface area (Å²) in [4.78, 5) is 12.2. The lowest BCUT2D eigenvalue weighted by Gasteiger charge is -2.19. The molecule has 2 aliphatic rings. The van der Waals surface area contributed by atoms with Gasteiger partial charge in [-0.15, -0.1) is 0 Å². The zero-order chi connectivity index (χ0) is 23.1. The number of carbonyl (C=O) groups excluding carboxylic acids is 1.